The van der Waals surface area contributed by atoms with Crippen LogP contribution in [0.4, 0.5) is 11.4 Å². The Bertz CT molecular complexity index is 1440. The molecule has 0 spiro atoms. The molecule has 38 heavy (non-hydrogen) atoms. The van der Waals surface area contributed by atoms with E-state index in [1.54, 1.807) is 49.4 Å². The minimum absolute atomic E-state index is 0.0205. The molecule has 8 heteroatoms. The number of phenolic OH excluding ortho intramolecular Hbond substituents is 1. The van der Waals surface area contributed by atoms with Crippen LogP contribution in [-0.2, 0) is 16.0 Å². The van der Waals surface area contributed by atoms with Gasteiger partial charge >= 0.3 is 0 Å². The summed E-state index contributed by atoms with van der Waals surface area (Å²) in [7, 11) is 3.82. The van der Waals surface area contributed by atoms with Crippen LogP contribution in [0.25, 0.3) is 5.76 Å². The van der Waals surface area contributed by atoms with Crippen LogP contribution in [0.2, 0.25) is 0 Å². The molecule has 0 radical (unpaired) electrons. The van der Waals surface area contributed by atoms with Gasteiger partial charge in [0.2, 0.25) is 0 Å². The molecular weight excluding hydrogens is 484 g/mol. The largest absolute Gasteiger partial charge is 0.507 e. The highest BCUT2D eigenvalue weighted by atomic mass is 16.5. The van der Waals surface area contributed by atoms with Crippen molar-refractivity contribution in [2.24, 2.45) is 0 Å². The van der Waals surface area contributed by atoms with Gasteiger partial charge in [-0.05, 0) is 79.6 Å². The number of Topliss-reactive ketones (excluding diaryl/α,β-unsaturated/α-hetero) is 1. The van der Waals surface area contributed by atoms with Crippen LogP contribution < -0.4 is 19.3 Å². The van der Waals surface area contributed by atoms with Crippen molar-refractivity contribution in [2.75, 3.05) is 30.5 Å². The number of benzene rings is 3. The van der Waals surface area contributed by atoms with E-state index in [1.807, 2.05) is 38.1 Å². The van der Waals surface area contributed by atoms with Crippen molar-refractivity contribution < 1.29 is 29.3 Å². The molecule has 2 heterocycles. The predicted octanol–water partition coefficient (Wildman–Crippen LogP) is 4.81. The number of ketones is 1. The van der Waals surface area contributed by atoms with Crippen LogP contribution in [-0.4, -0.2) is 48.7 Å². The lowest BCUT2D eigenvalue weighted by Gasteiger charge is -2.26. The SMILES string of the molecule is CCOc1cc(C2/C(=C(\O)c3ccc4c(c3)CC(C)O4)C(=O)C(=O)N2c2ccc(N(C)C)cc2)ccc1O. The summed E-state index contributed by atoms with van der Waals surface area (Å²) in [5, 5.41) is 21.8. The molecule has 2 aliphatic rings. The lowest BCUT2D eigenvalue weighted by atomic mass is 9.94. The molecule has 3 aromatic rings. The molecule has 0 aliphatic carbocycles. The van der Waals surface area contributed by atoms with E-state index in [9.17, 15) is 19.8 Å². The quantitative estimate of drug-likeness (QED) is 0.277. The number of nitrogens with zero attached hydrogens (tertiary/aromatic N) is 2. The Kier molecular flexibility index (Phi) is 6.48. The van der Waals surface area contributed by atoms with E-state index in [-0.39, 0.29) is 28.9 Å². The lowest BCUT2D eigenvalue weighted by molar-refractivity contribution is -0.132. The average Bonchev–Trinajstić information content (AvgIpc) is 3.40. The van der Waals surface area contributed by atoms with Gasteiger partial charge in [-0.3, -0.25) is 14.5 Å². The molecule has 0 bridgehead atoms. The Morgan fingerprint density at radius 3 is 2.50 bits per heavy atom. The Balaban J connectivity index is 1.68. The maximum absolute atomic E-state index is 13.5. The first-order valence-corrected chi connectivity index (χ1v) is 12.5. The number of aromatic hydroxyl groups is 1. The molecule has 2 N–H and O–H groups in total. The third-order valence-electron chi connectivity index (χ3n) is 6.86. The molecule has 2 unspecified atom stereocenters. The summed E-state index contributed by atoms with van der Waals surface area (Å²) in [5.41, 5.74) is 3.27. The van der Waals surface area contributed by atoms with Crippen molar-refractivity contribution in [3.8, 4) is 17.2 Å². The Morgan fingerprint density at radius 2 is 1.82 bits per heavy atom. The van der Waals surface area contributed by atoms with Crippen LogP contribution >= 0.6 is 0 Å². The lowest BCUT2D eigenvalue weighted by Crippen LogP contribution is -2.29. The number of rotatable bonds is 6. The molecule has 1 fully saturated rings. The van der Waals surface area contributed by atoms with E-state index in [1.165, 1.54) is 11.0 Å². The summed E-state index contributed by atoms with van der Waals surface area (Å²) in [6, 6.07) is 16.3. The average molecular weight is 515 g/mol. The summed E-state index contributed by atoms with van der Waals surface area (Å²) in [5.74, 6) is -0.905. The minimum Gasteiger partial charge on any atom is -0.507 e. The Hall–Kier alpha value is -4.46. The number of aliphatic hydroxyl groups is 1. The standard InChI is InChI=1S/C30H30N2O6/c1-5-37-25-16-18(6-12-23(25)33)27-26(28(34)19-7-13-24-20(15-19)14-17(2)38-24)29(35)30(36)32(27)22-10-8-21(9-11-22)31(3)4/h6-13,15-17,27,33-34H,5,14H2,1-4H3/b28-26+. The van der Waals surface area contributed by atoms with Gasteiger partial charge in [-0.1, -0.05) is 6.07 Å². The van der Waals surface area contributed by atoms with Gasteiger partial charge in [0.05, 0.1) is 18.2 Å². The molecule has 1 amide bonds. The molecule has 2 atom stereocenters. The number of hydrogen-bond donors (Lipinski definition) is 2. The molecule has 0 saturated carbocycles. The van der Waals surface area contributed by atoms with Gasteiger partial charge in [0.1, 0.15) is 17.6 Å². The van der Waals surface area contributed by atoms with Crippen molar-refractivity contribution in [1.82, 2.24) is 0 Å². The molecule has 0 aromatic heterocycles. The van der Waals surface area contributed by atoms with Crippen molar-refractivity contribution >= 4 is 28.8 Å². The zero-order valence-corrected chi connectivity index (χ0v) is 21.8. The molecule has 2 aliphatic heterocycles. The van der Waals surface area contributed by atoms with E-state index < -0.39 is 17.7 Å². The molecule has 3 aromatic carbocycles. The van der Waals surface area contributed by atoms with E-state index in [0.29, 0.717) is 29.8 Å². The van der Waals surface area contributed by atoms with Crippen LogP contribution in [0.5, 0.6) is 17.2 Å². The summed E-state index contributed by atoms with van der Waals surface area (Å²) >= 11 is 0. The zero-order valence-electron chi connectivity index (χ0n) is 21.8. The van der Waals surface area contributed by atoms with Gasteiger partial charge in [0, 0.05) is 37.5 Å². The van der Waals surface area contributed by atoms with E-state index >= 15 is 0 Å². The van der Waals surface area contributed by atoms with Crippen LogP contribution in [0.15, 0.2) is 66.2 Å². The summed E-state index contributed by atoms with van der Waals surface area (Å²) in [6.07, 6.45) is 0.703. The van der Waals surface area contributed by atoms with Gasteiger partial charge in [-0.2, -0.15) is 0 Å². The molecular formula is C30H30N2O6. The van der Waals surface area contributed by atoms with Crippen molar-refractivity contribution in [3.05, 3.63) is 82.9 Å². The second-order valence-electron chi connectivity index (χ2n) is 9.70. The molecule has 5 rings (SSSR count). The number of fused-ring (bicyclic) bond motifs is 1. The number of ether oxygens (including phenoxy) is 2. The van der Waals surface area contributed by atoms with Crippen LogP contribution in [0.3, 0.4) is 0 Å². The summed E-state index contributed by atoms with van der Waals surface area (Å²) in [6.45, 7) is 4.08. The van der Waals surface area contributed by atoms with Crippen LogP contribution in [0.1, 0.15) is 36.6 Å². The maximum Gasteiger partial charge on any atom is 0.300 e. The van der Waals surface area contributed by atoms with Gasteiger partial charge in [-0.15, -0.1) is 0 Å². The van der Waals surface area contributed by atoms with Gasteiger partial charge in [0.25, 0.3) is 11.7 Å². The number of anilines is 2. The van der Waals surface area contributed by atoms with Crippen molar-refractivity contribution in [1.29, 1.82) is 0 Å². The van der Waals surface area contributed by atoms with E-state index in [4.69, 9.17) is 9.47 Å². The van der Waals surface area contributed by atoms with Gasteiger partial charge in [0.15, 0.2) is 11.5 Å². The van der Waals surface area contributed by atoms with Crippen LogP contribution in [0, 0.1) is 0 Å². The first-order valence-electron chi connectivity index (χ1n) is 12.5. The maximum atomic E-state index is 13.5. The highest BCUT2D eigenvalue weighted by Gasteiger charge is 2.47. The summed E-state index contributed by atoms with van der Waals surface area (Å²) < 4.78 is 11.4. The number of amides is 1. The van der Waals surface area contributed by atoms with Crippen molar-refractivity contribution in [2.45, 2.75) is 32.4 Å². The second-order valence-corrected chi connectivity index (χ2v) is 9.70. The third-order valence-corrected chi connectivity index (χ3v) is 6.86. The second kappa shape index (κ2) is 9.78. The van der Waals surface area contributed by atoms with E-state index in [0.717, 1.165) is 17.0 Å². The number of hydrogen-bond acceptors (Lipinski definition) is 7. The fraction of sp³-hybridized carbons (Fsp3) is 0.267. The van der Waals surface area contributed by atoms with E-state index in [2.05, 4.69) is 0 Å². The highest BCUT2D eigenvalue weighted by Crippen LogP contribution is 2.44. The zero-order chi connectivity index (χ0) is 27.1. The number of carbonyl (C=O) groups is 2. The number of carbonyl (C=O) groups excluding carboxylic acids is 2. The fourth-order valence-corrected chi connectivity index (χ4v) is 5.02. The minimum atomic E-state index is -0.941. The normalized spacial score (nSPS) is 19.8. The first kappa shape index (κ1) is 25.2. The molecule has 196 valence electrons. The summed E-state index contributed by atoms with van der Waals surface area (Å²) in [4.78, 5) is 30.3. The van der Waals surface area contributed by atoms with Gasteiger partial charge in [-0.25, -0.2) is 0 Å². The third kappa shape index (κ3) is 4.32. The molecule has 1 saturated heterocycles. The number of phenols is 1. The highest BCUT2D eigenvalue weighted by molar-refractivity contribution is 6.51. The Labute approximate surface area is 221 Å². The molecule has 8 nitrogen and oxygen atoms in total. The monoisotopic (exact) mass is 514 g/mol. The van der Waals surface area contributed by atoms with Crippen molar-refractivity contribution in [3.63, 3.8) is 0 Å². The predicted molar refractivity (Wildman–Crippen MR) is 145 cm³/mol. The number of aliphatic hydroxyl groups excluding tert-OH is 1. The first-order chi connectivity index (χ1) is 18.2. The van der Waals surface area contributed by atoms with Gasteiger partial charge < -0.3 is 24.6 Å². The smallest absolute Gasteiger partial charge is 0.300 e. The fourth-order valence-electron chi connectivity index (χ4n) is 5.02. The topological polar surface area (TPSA) is 99.5 Å². The Morgan fingerprint density at radius 1 is 1.08 bits per heavy atom.